The summed E-state index contributed by atoms with van der Waals surface area (Å²) in [4.78, 5) is 4.68. The molecule has 7 heteroatoms. The molecule has 0 fully saturated rings. The second-order valence-corrected chi connectivity index (χ2v) is 6.44. The number of aliphatic imine (C=N–C) groups is 1. The topological polar surface area (TPSA) is 72.1 Å². The van der Waals surface area contributed by atoms with Gasteiger partial charge in [-0.25, -0.2) is 4.99 Å². The number of aryl methyl sites for hydroxylation is 3. The molecule has 2 aromatic rings. The lowest BCUT2D eigenvalue weighted by atomic mass is 9.99. The van der Waals surface area contributed by atoms with Crippen LogP contribution in [0.3, 0.4) is 0 Å². The Bertz CT molecular complexity index is 698. The maximum absolute atomic E-state index is 4.68. The predicted octanol–water partition coefficient (Wildman–Crippen LogP) is 1.24. The fourth-order valence-electron chi connectivity index (χ4n) is 3.10. The van der Waals surface area contributed by atoms with Crippen molar-refractivity contribution in [2.45, 2.75) is 39.8 Å². The molecular weight excluding hydrogens is 302 g/mol. The molecule has 1 atom stereocenters. The van der Waals surface area contributed by atoms with Gasteiger partial charge in [-0.05, 0) is 37.8 Å². The van der Waals surface area contributed by atoms with Gasteiger partial charge in [-0.1, -0.05) is 0 Å². The zero-order valence-electron chi connectivity index (χ0n) is 14.8. The van der Waals surface area contributed by atoms with Crippen LogP contribution in [0.1, 0.15) is 30.6 Å². The second kappa shape index (κ2) is 7.51. The van der Waals surface area contributed by atoms with Crippen molar-refractivity contribution in [2.75, 3.05) is 13.1 Å². The minimum Gasteiger partial charge on any atom is -0.357 e. The monoisotopic (exact) mass is 329 g/mol. The molecule has 1 unspecified atom stereocenters. The van der Waals surface area contributed by atoms with E-state index in [0.717, 1.165) is 50.1 Å². The molecule has 130 valence electrons. The van der Waals surface area contributed by atoms with E-state index < -0.39 is 0 Å². The molecule has 1 aliphatic rings. The fraction of sp³-hybridized carbons (Fsp3) is 0.588. The van der Waals surface area contributed by atoms with Crippen molar-refractivity contribution < 1.29 is 0 Å². The molecule has 7 nitrogen and oxygen atoms in total. The molecule has 3 heterocycles. The Morgan fingerprint density at radius 3 is 3.00 bits per heavy atom. The lowest BCUT2D eigenvalue weighted by molar-refractivity contribution is 0.358. The Morgan fingerprint density at radius 2 is 2.25 bits per heavy atom. The predicted molar refractivity (Wildman–Crippen MR) is 94.8 cm³/mol. The summed E-state index contributed by atoms with van der Waals surface area (Å²) in [5.41, 5.74) is 1.22. The number of aromatic nitrogens is 4. The Morgan fingerprint density at radius 1 is 1.38 bits per heavy atom. The summed E-state index contributed by atoms with van der Waals surface area (Å²) in [6, 6.07) is 2.10. The molecule has 0 saturated carbocycles. The molecule has 0 amide bonds. The van der Waals surface area contributed by atoms with Crippen LogP contribution >= 0.6 is 0 Å². The third-order valence-electron chi connectivity index (χ3n) is 4.44. The average molecular weight is 329 g/mol. The van der Waals surface area contributed by atoms with Gasteiger partial charge in [-0.15, -0.1) is 10.2 Å². The molecule has 1 aliphatic heterocycles. The van der Waals surface area contributed by atoms with Gasteiger partial charge in [0.25, 0.3) is 0 Å². The van der Waals surface area contributed by atoms with Crippen molar-refractivity contribution >= 4 is 5.96 Å². The van der Waals surface area contributed by atoms with Crippen LogP contribution in [0.25, 0.3) is 0 Å². The van der Waals surface area contributed by atoms with E-state index in [2.05, 4.69) is 49.6 Å². The number of hydrogen-bond donors (Lipinski definition) is 2. The molecule has 2 N–H and O–H groups in total. The molecular formula is C17H27N7. The van der Waals surface area contributed by atoms with Crippen LogP contribution in [-0.2, 0) is 26.6 Å². The first-order chi connectivity index (χ1) is 11.7. The van der Waals surface area contributed by atoms with Gasteiger partial charge in [0.15, 0.2) is 5.96 Å². The maximum Gasteiger partial charge on any atom is 0.191 e. The molecule has 24 heavy (non-hydrogen) atoms. The summed E-state index contributed by atoms with van der Waals surface area (Å²) >= 11 is 0. The Kier molecular flexibility index (Phi) is 5.17. The van der Waals surface area contributed by atoms with Crippen LogP contribution in [-0.4, -0.2) is 38.4 Å². The zero-order chi connectivity index (χ0) is 16.9. The number of guanidine groups is 1. The lowest BCUT2D eigenvalue weighted by Gasteiger charge is -2.25. The highest BCUT2D eigenvalue weighted by molar-refractivity contribution is 5.79. The van der Waals surface area contributed by atoms with Crippen LogP contribution in [0.4, 0.5) is 0 Å². The molecule has 0 saturated heterocycles. The van der Waals surface area contributed by atoms with E-state index in [0.29, 0.717) is 12.5 Å². The first kappa shape index (κ1) is 16.5. The van der Waals surface area contributed by atoms with Gasteiger partial charge in [0.05, 0.1) is 6.54 Å². The van der Waals surface area contributed by atoms with Gasteiger partial charge in [0, 0.05) is 45.5 Å². The number of fused-ring (bicyclic) bond motifs is 1. The van der Waals surface area contributed by atoms with Gasteiger partial charge in [-0.3, -0.25) is 0 Å². The molecule has 0 radical (unpaired) electrons. The molecule has 0 spiro atoms. The summed E-state index contributed by atoms with van der Waals surface area (Å²) in [6.07, 6.45) is 6.30. The number of nitrogens with one attached hydrogen (secondary N) is 2. The third kappa shape index (κ3) is 3.96. The van der Waals surface area contributed by atoms with E-state index in [1.165, 1.54) is 5.56 Å². The van der Waals surface area contributed by atoms with Crippen LogP contribution < -0.4 is 10.6 Å². The quantitative estimate of drug-likeness (QED) is 0.639. The van der Waals surface area contributed by atoms with Crippen molar-refractivity contribution in [1.82, 2.24) is 30.0 Å². The summed E-state index contributed by atoms with van der Waals surface area (Å²) in [7, 11) is 2.03. The number of hydrogen-bond acceptors (Lipinski definition) is 3. The van der Waals surface area contributed by atoms with Crippen molar-refractivity contribution in [2.24, 2.45) is 18.0 Å². The van der Waals surface area contributed by atoms with E-state index >= 15 is 0 Å². The van der Waals surface area contributed by atoms with Crippen LogP contribution in [0.2, 0.25) is 0 Å². The van der Waals surface area contributed by atoms with Crippen LogP contribution in [0.15, 0.2) is 23.5 Å². The largest absolute Gasteiger partial charge is 0.357 e. The average Bonchev–Trinajstić information content (AvgIpc) is 3.16. The van der Waals surface area contributed by atoms with Crippen molar-refractivity contribution in [3.05, 3.63) is 35.7 Å². The first-order valence-electron chi connectivity index (χ1n) is 8.67. The van der Waals surface area contributed by atoms with Crippen molar-refractivity contribution in [3.8, 4) is 0 Å². The van der Waals surface area contributed by atoms with E-state index in [4.69, 9.17) is 0 Å². The van der Waals surface area contributed by atoms with E-state index in [9.17, 15) is 0 Å². The molecule has 0 aromatic carbocycles. The summed E-state index contributed by atoms with van der Waals surface area (Å²) in [6.45, 7) is 7.57. The highest BCUT2D eigenvalue weighted by atomic mass is 15.3. The summed E-state index contributed by atoms with van der Waals surface area (Å²) in [5, 5.41) is 15.2. The van der Waals surface area contributed by atoms with Crippen LogP contribution in [0.5, 0.6) is 0 Å². The van der Waals surface area contributed by atoms with Gasteiger partial charge in [0.1, 0.15) is 11.6 Å². The Labute approximate surface area is 143 Å². The Hall–Kier alpha value is -2.31. The van der Waals surface area contributed by atoms with E-state index in [1.54, 1.807) is 0 Å². The van der Waals surface area contributed by atoms with Gasteiger partial charge >= 0.3 is 0 Å². The third-order valence-corrected chi connectivity index (χ3v) is 4.44. The number of nitrogens with zero attached hydrogens (tertiary/aromatic N) is 5. The van der Waals surface area contributed by atoms with Gasteiger partial charge in [0.2, 0.25) is 0 Å². The van der Waals surface area contributed by atoms with Crippen molar-refractivity contribution in [3.63, 3.8) is 0 Å². The molecule has 0 aliphatic carbocycles. The standard InChI is InChI=1S/C17H27N7/c1-4-18-17(20-10-15-7-8-23(3)11-15)19-9-14-5-6-16-22-21-13(2)24(16)12-14/h7-8,11,14H,4-6,9-10,12H2,1-3H3,(H2,18,19,20). The smallest absolute Gasteiger partial charge is 0.191 e. The minimum absolute atomic E-state index is 0.577. The lowest BCUT2D eigenvalue weighted by Crippen LogP contribution is -2.41. The Balaban J connectivity index is 1.55. The fourth-order valence-corrected chi connectivity index (χ4v) is 3.10. The van der Waals surface area contributed by atoms with E-state index in [-0.39, 0.29) is 0 Å². The van der Waals surface area contributed by atoms with E-state index in [1.807, 2.05) is 24.7 Å². The molecule has 2 aromatic heterocycles. The second-order valence-electron chi connectivity index (χ2n) is 6.44. The van der Waals surface area contributed by atoms with Gasteiger partial charge < -0.3 is 19.8 Å². The minimum atomic E-state index is 0.577. The molecule has 3 rings (SSSR count). The highest BCUT2D eigenvalue weighted by Crippen LogP contribution is 2.19. The summed E-state index contributed by atoms with van der Waals surface area (Å²) < 4.78 is 4.29. The summed E-state index contributed by atoms with van der Waals surface area (Å²) in [5.74, 6) is 3.59. The first-order valence-corrected chi connectivity index (χ1v) is 8.67. The zero-order valence-corrected chi connectivity index (χ0v) is 14.8. The normalized spacial score (nSPS) is 17.6. The van der Waals surface area contributed by atoms with Gasteiger partial charge in [-0.2, -0.15) is 0 Å². The highest BCUT2D eigenvalue weighted by Gasteiger charge is 2.21. The van der Waals surface area contributed by atoms with Crippen molar-refractivity contribution in [1.29, 1.82) is 0 Å². The molecule has 0 bridgehead atoms. The SMILES string of the molecule is CCNC(=NCc1ccn(C)c1)NCC1CCc2nnc(C)n2C1. The van der Waals surface area contributed by atoms with Crippen LogP contribution in [0, 0.1) is 12.8 Å². The maximum atomic E-state index is 4.68. The number of rotatable bonds is 5.